The maximum atomic E-state index is 12.5. The summed E-state index contributed by atoms with van der Waals surface area (Å²) in [6.45, 7) is 10.8. The SMILES string of the molecule is Cc1cc2c(nc1C)C1(CCN(C(=O)OC(C)(C)C)CC1)CC2=O. The lowest BCUT2D eigenvalue weighted by Gasteiger charge is -2.39. The van der Waals surface area contributed by atoms with Gasteiger partial charge in [0.25, 0.3) is 0 Å². The third-order valence-electron chi connectivity index (χ3n) is 5.14. The third kappa shape index (κ3) is 2.92. The van der Waals surface area contributed by atoms with E-state index >= 15 is 0 Å². The summed E-state index contributed by atoms with van der Waals surface area (Å²) in [6, 6.07) is 1.98. The highest BCUT2D eigenvalue weighted by molar-refractivity contribution is 6.01. The fraction of sp³-hybridized carbons (Fsp3) is 0.632. The van der Waals surface area contributed by atoms with Gasteiger partial charge in [0.15, 0.2) is 5.78 Å². The van der Waals surface area contributed by atoms with Gasteiger partial charge in [-0.1, -0.05) is 0 Å². The minimum Gasteiger partial charge on any atom is -0.444 e. The third-order valence-corrected chi connectivity index (χ3v) is 5.14. The highest BCUT2D eigenvalue weighted by Gasteiger charge is 2.47. The van der Waals surface area contributed by atoms with Crippen LogP contribution in [0.5, 0.6) is 0 Å². The van der Waals surface area contributed by atoms with Gasteiger partial charge in [-0.05, 0) is 59.1 Å². The summed E-state index contributed by atoms with van der Waals surface area (Å²) < 4.78 is 5.46. The van der Waals surface area contributed by atoms with Gasteiger partial charge in [0.1, 0.15) is 5.60 Å². The van der Waals surface area contributed by atoms with Crippen molar-refractivity contribution in [1.29, 1.82) is 0 Å². The van der Waals surface area contributed by atoms with E-state index in [2.05, 4.69) is 0 Å². The van der Waals surface area contributed by atoms with E-state index in [1.807, 2.05) is 40.7 Å². The Hall–Kier alpha value is -1.91. The molecule has 130 valence electrons. The van der Waals surface area contributed by atoms with Crippen molar-refractivity contribution in [2.24, 2.45) is 0 Å². The molecule has 1 aromatic heterocycles. The Labute approximate surface area is 143 Å². The van der Waals surface area contributed by atoms with Gasteiger partial charge in [-0.25, -0.2) is 4.79 Å². The van der Waals surface area contributed by atoms with E-state index in [0.717, 1.165) is 35.4 Å². The molecule has 0 atom stereocenters. The van der Waals surface area contributed by atoms with E-state index < -0.39 is 5.60 Å². The Balaban J connectivity index is 1.79. The summed E-state index contributed by atoms with van der Waals surface area (Å²) in [6.07, 6.45) is 1.77. The summed E-state index contributed by atoms with van der Waals surface area (Å²) in [5, 5.41) is 0. The molecule has 1 aliphatic heterocycles. The zero-order valence-electron chi connectivity index (χ0n) is 15.2. The van der Waals surface area contributed by atoms with E-state index in [9.17, 15) is 9.59 Å². The zero-order chi connectivity index (χ0) is 17.7. The second-order valence-corrected chi connectivity index (χ2v) is 8.13. The molecule has 2 aliphatic rings. The van der Waals surface area contributed by atoms with Crippen LogP contribution in [0.2, 0.25) is 0 Å². The number of ether oxygens (including phenoxy) is 1. The van der Waals surface area contributed by atoms with Crippen molar-refractivity contribution in [3.05, 3.63) is 28.6 Å². The van der Waals surface area contributed by atoms with E-state index in [4.69, 9.17) is 9.72 Å². The number of aryl methyl sites for hydroxylation is 2. The van der Waals surface area contributed by atoms with Crippen LogP contribution < -0.4 is 0 Å². The number of hydrogen-bond donors (Lipinski definition) is 0. The van der Waals surface area contributed by atoms with Crippen molar-refractivity contribution >= 4 is 11.9 Å². The van der Waals surface area contributed by atoms with Crippen molar-refractivity contribution in [1.82, 2.24) is 9.88 Å². The summed E-state index contributed by atoms with van der Waals surface area (Å²) in [4.78, 5) is 31.2. The summed E-state index contributed by atoms with van der Waals surface area (Å²) in [7, 11) is 0. The average Bonchev–Trinajstić information content (AvgIpc) is 2.71. The number of carbonyl (C=O) groups is 2. The van der Waals surface area contributed by atoms with Crippen molar-refractivity contribution < 1.29 is 14.3 Å². The van der Waals surface area contributed by atoms with Crippen LogP contribution in [0.15, 0.2) is 6.07 Å². The Morgan fingerprint density at radius 2 is 1.88 bits per heavy atom. The fourth-order valence-electron chi connectivity index (χ4n) is 3.67. The second kappa shape index (κ2) is 5.57. The van der Waals surface area contributed by atoms with Crippen molar-refractivity contribution in [2.75, 3.05) is 13.1 Å². The van der Waals surface area contributed by atoms with Gasteiger partial charge in [0, 0.05) is 36.2 Å². The fourth-order valence-corrected chi connectivity index (χ4v) is 3.67. The van der Waals surface area contributed by atoms with Crippen LogP contribution >= 0.6 is 0 Å². The van der Waals surface area contributed by atoms with Gasteiger partial charge in [0.2, 0.25) is 0 Å². The molecule has 5 heteroatoms. The molecule has 1 aliphatic carbocycles. The molecular weight excluding hydrogens is 304 g/mol. The first kappa shape index (κ1) is 16.9. The molecule has 0 bridgehead atoms. The zero-order valence-corrected chi connectivity index (χ0v) is 15.2. The van der Waals surface area contributed by atoms with Crippen LogP contribution in [0, 0.1) is 13.8 Å². The molecule has 3 rings (SSSR count). The van der Waals surface area contributed by atoms with E-state index in [1.165, 1.54) is 0 Å². The number of carbonyl (C=O) groups excluding carboxylic acids is 2. The smallest absolute Gasteiger partial charge is 0.410 e. The number of piperidine rings is 1. The van der Waals surface area contributed by atoms with Gasteiger partial charge >= 0.3 is 6.09 Å². The van der Waals surface area contributed by atoms with E-state index in [0.29, 0.717) is 19.5 Å². The van der Waals surface area contributed by atoms with Crippen molar-refractivity contribution in [2.45, 2.75) is 64.9 Å². The maximum absolute atomic E-state index is 12.5. The first-order chi connectivity index (χ1) is 11.1. The minimum atomic E-state index is -0.488. The van der Waals surface area contributed by atoms with Gasteiger partial charge in [-0.15, -0.1) is 0 Å². The first-order valence-corrected chi connectivity index (χ1v) is 8.61. The molecule has 5 nitrogen and oxygen atoms in total. The summed E-state index contributed by atoms with van der Waals surface area (Å²) in [5.74, 6) is 0.186. The van der Waals surface area contributed by atoms with Gasteiger partial charge in [-0.3, -0.25) is 9.78 Å². The van der Waals surface area contributed by atoms with Crippen LogP contribution in [-0.4, -0.2) is 40.5 Å². The number of aromatic nitrogens is 1. The minimum absolute atomic E-state index is 0.186. The topological polar surface area (TPSA) is 59.5 Å². The normalized spacial score (nSPS) is 19.5. The maximum Gasteiger partial charge on any atom is 0.410 e. The summed E-state index contributed by atoms with van der Waals surface area (Å²) >= 11 is 0. The lowest BCUT2D eigenvalue weighted by Crippen LogP contribution is -2.46. The van der Waals surface area contributed by atoms with E-state index in [-0.39, 0.29) is 17.3 Å². The lowest BCUT2D eigenvalue weighted by molar-refractivity contribution is 0.0164. The predicted molar refractivity (Wildman–Crippen MR) is 91.4 cm³/mol. The molecule has 1 amide bonds. The molecule has 1 saturated heterocycles. The van der Waals surface area contributed by atoms with Crippen LogP contribution in [0.4, 0.5) is 4.79 Å². The molecule has 1 aromatic rings. The second-order valence-electron chi connectivity index (χ2n) is 8.13. The highest BCUT2D eigenvalue weighted by Crippen LogP contribution is 2.45. The number of rotatable bonds is 0. The van der Waals surface area contributed by atoms with Crippen LogP contribution in [-0.2, 0) is 10.2 Å². The number of nitrogens with zero attached hydrogens (tertiary/aromatic N) is 2. The molecule has 2 heterocycles. The molecule has 24 heavy (non-hydrogen) atoms. The van der Waals surface area contributed by atoms with Crippen LogP contribution in [0.1, 0.15) is 67.3 Å². The highest BCUT2D eigenvalue weighted by atomic mass is 16.6. The molecule has 0 saturated carbocycles. The molecule has 0 unspecified atom stereocenters. The number of ketones is 1. The molecule has 1 spiro atoms. The largest absolute Gasteiger partial charge is 0.444 e. The number of pyridine rings is 1. The quantitative estimate of drug-likeness (QED) is 0.730. The molecular formula is C19H26N2O3. The molecule has 0 aromatic carbocycles. The Kier molecular flexibility index (Phi) is 3.93. The number of Topliss-reactive ketones (excluding diaryl/α,β-unsaturated/α-hetero) is 1. The van der Waals surface area contributed by atoms with Crippen LogP contribution in [0.25, 0.3) is 0 Å². The first-order valence-electron chi connectivity index (χ1n) is 8.61. The van der Waals surface area contributed by atoms with Crippen molar-refractivity contribution in [3.8, 4) is 0 Å². The predicted octanol–water partition coefficient (Wildman–Crippen LogP) is 3.55. The van der Waals surface area contributed by atoms with Crippen LogP contribution in [0.3, 0.4) is 0 Å². The Bertz CT molecular complexity index is 695. The Morgan fingerprint density at radius 3 is 2.46 bits per heavy atom. The number of amides is 1. The number of hydrogen-bond acceptors (Lipinski definition) is 4. The Morgan fingerprint density at radius 1 is 1.25 bits per heavy atom. The van der Waals surface area contributed by atoms with Gasteiger partial charge in [-0.2, -0.15) is 0 Å². The van der Waals surface area contributed by atoms with E-state index in [1.54, 1.807) is 4.90 Å². The molecule has 0 radical (unpaired) electrons. The monoisotopic (exact) mass is 330 g/mol. The number of fused-ring (bicyclic) bond motifs is 2. The molecule has 0 N–H and O–H groups in total. The molecule has 1 fully saturated rings. The summed E-state index contributed by atoms with van der Waals surface area (Å²) in [5.41, 5.74) is 3.08. The standard InChI is InChI=1S/C19H26N2O3/c1-12-10-14-15(22)11-19(16(14)20-13(12)2)6-8-21(9-7-19)17(23)24-18(3,4)5/h10H,6-9,11H2,1-5H3. The number of likely N-dealkylation sites (tertiary alicyclic amines) is 1. The van der Waals surface area contributed by atoms with Gasteiger partial charge in [0.05, 0.1) is 5.69 Å². The van der Waals surface area contributed by atoms with Gasteiger partial charge < -0.3 is 9.64 Å². The average molecular weight is 330 g/mol. The van der Waals surface area contributed by atoms with Crippen molar-refractivity contribution in [3.63, 3.8) is 0 Å². The lowest BCUT2D eigenvalue weighted by atomic mass is 9.76.